The molecule has 0 amide bonds. The summed E-state index contributed by atoms with van der Waals surface area (Å²) in [4.78, 5) is 0. The predicted molar refractivity (Wildman–Crippen MR) is 71.2 cm³/mol. The van der Waals surface area contributed by atoms with Crippen molar-refractivity contribution in [1.82, 2.24) is 0 Å². The minimum absolute atomic E-state index is 0.425. The van der Waals surface area contributed by atoms with Gasteiger partial charge < -0.3 is 10.5 Å². The molecule has 2 nitrogen and oxygen atoms in total. The highest BCUT2D eigenvalue weighted by molar-refractivity contribution is 5.88. The van der Waals surface area contributed by atoms with E-state index < -0.39 is 0 Å². The molecule has 0 aliphatic carbocycles. The first-order chi connectivity index (χ1) is 8.35. The van der Waals surface area contributed by atoms with Crippen molar-refractivity contribution in [3.63, 3.8) is 0 Å². The SMILES string of the molecule is C=C=C(CN)COc1cccc2ccccc12. The molecule has 17 heavy (non-hydrogen) atoms. The van der Waals surface area contributed by atoms with Crippen LogP contribution in [0.3, 0.4) is 0 Å². The highest BCUT2D eigenvalue weighted by atomic mass is 16.5. The molecule has 86 valence electrons. The van der Waals surface area contributed by atoms with E-state index in [0.29, 0.717) is 13.2 Å². The van der Waals surface area contributed by atoms with Crippen molar-refractivity contribution >= 4 is 10.8 Å². The lowest BCUT2D eigenvalue weighted by molar-refractivity contribution is 0.355. The second kappa shape index (κ2) is 5.35. The first-order valence-corrected chi connectivity index (χ1v) is 5.53. The number of benzene rings is 2. The summed E-state index contributed by atoms with van der Waals surface area (Å²) in [6, 6.07) is 14.1. The molecule has 0 aromatic heterocycles. The van der Waals surface area contributed by atoms with Crippen molar-refractivity contribution in [2.45, 2.75) is 0 Å². The standard InChI is InChI=1S/C15H15NO/c1-2-12(10-16)11-17-15-9-5-7-13-6-3-4-8-14(13)15/h3-9H,1,10-11,16H2. The Balaban J connectivity index is 2.27. The smallest absolute Gasteiger partial charge is 0.127 e. The van der Waals surface area contributed by atoms with Gasteiger partial charge in [-0.15, -0.1) is 5.73 Å². The molecule has 0 atom stereocenters. The van der Waals surface area contributed by atoms with Crippen molar-refractivity contribution in [1.29, 1.82) is 0 Å². The summed E-state index contributed by atoms with van der Waals surface area (Å²) in [5.74, 6) is 0.865. The normalized spacial score (nSPS) is 9.94. The number of fused-ring (bicyclic) bond motifs is 1. The zero-order valence-corrected chi connectivity index (χ0v) is 9.65. The third kappa shape index (κ3) is 2.56. The molecule has 2 heteroatoms. The quantitative estimate of drug-likeness (QED) is 0.812. The molecule has 2 rings (SSSR count). The fraction of sp³-hybridized carbons (Fsp3) is 0.133. The summed E-state index contributed by atoms with van der Waals surface area (Å²) < 4.78 is 5.74. The Hall–Kier alpha value is -2.02. The number of nitrogens with two attached hydrogens (primary N) is 1. The van der Waals surface area contributed by atoms with Crippen LogP contribution in [-0.4, -0.2) is 13.2 Å². The van der Waals surface area contributed by atoms with E-state index in [1.807, 2.05) is 30.3 Å². The largest absolute Gasteiger partial charge is 0.488 e. The van der Waals surface area contributed by atoms with Crippen LogP contribution < -0.4 is 10.5 Å². The van der Waals surface area contributed by atoms with Gasteiger partial charge in [0.15, 0.2) is 0 Å². The molecule has 0 bridgehead atoms. The van der Waals surface area contributed by atoms with Gasteiger partial charge >= 0.3 is 0 Å². The van der Waals surface area contributed by atoms with Gasteiger partial charge in [0.2, 0.25) is 0 Å². The van der Waals surface area contributed by atoms with Gasteiger partial charge in [-0.05, 0) is 11.5 Å². The second-order valence-corrected chi connectivity index (χ2v) is 3.75. The molecule has 0 saturated carbocycles. The van der Waals surface area contributed by atoms with Gasteiger partial charge in [0.1, 0.15) is 12.4 Å². The van der Waals surface area contributed by atoms with E-state index in [4.69, 9.17) is 10.5 Å². The lowest BCUT2D eigenvalue weighted by Crippen LogP contribution is -2.10. The van der Waals surface area contributed by atoms with E-state index in [0.717, 1.165) is 16.7 Å². The maximum absolute atomic E-state index is 5.74. The third-order valence-corrected chi connectivity index (χ3v) is 2.65. The Morgan fingerprint density at radius 1 is 1.18 bits per heavy atom. The van der Waals surface area contributed by atoms with Crippen LogP contribution in [0.15, 0.2) is 60.3 Å². The van der Waals surface area contributed by atoms with E-state index in [1.165, 1.54) is 5.39 Å². The number of hydrogen-bond donors (Lipinski definition) is 1. The van der Waals surface area contributed by atoms with E-state index in [-0.39, 0.29) is 0 Å². The van der Waals surface area contributed by atoms with Crippen LogP contribution in [0.25, 0.3) is 10.8 Å². The minimum Gasteiger partial charge on any atom is -0.488 e. The molecular formula is C15H15NO. The number of hydrogen-bond acceptors (Lipinski definition) is 2. The number of rotatable bonds is 4. The van der Waals surface area contributed by atoms with Gasteiger partial charge in [0.05, 0.1) is 0 Å². The van der Waals surface area contributed by atoms with Crippen LogP contribution in [0, 0.1) is 0 Å². The van der Waals surface area contributed by atoms with Crippen molar-refractivity contribution in [3.8, 4) is 5.75 Å². The monoisotopic (exact) mass is 225 g/mol. The van der Waals surface area contributed by atoms with Gasteiger partial charge in [-0.2, -0.15) is 0 Å². The fourth-order valence-corrected chi connectivity index (χ4v) is 1.67. The summed E-state index contributed by atoms with van der Waals surface area (Å²) in [5, 5.41) is 2.28. The Morgan fingerprint density at radius 2 is 1.94 bits per heavy atom. The van der Waals surface area contributed by atoms with E-state index >= 15 is 0 Å². The van der Waals surface area contributed by atoms with Gasteiger partial charge in [-0.25, -0.2) is 0 Å². The van der Waals surface area contributed by atoms with Crippen LogP contribution in [0.4, 0.5) is 0 Å². The summed E-state index contributed by atoms with van der Waals surface area (Å²) in [6.07, 6.45) is 0. The Kier molecular flexibility index (Phi) is 3.61. The number of ether oxygens (including phenoxy) is 1. The van der Waals surface area contributed by atoms with E-state index in [9.17, 15) is 0 Å². The Morgan fingerprint density at radius 3 is 2.71 bits per heavy atom. The third-order valence-electron chi connectivity index (χ3n) is 2.65. The first kappa shape index (κ1) is 11.5. The average Bonchev–Trinajstić information content (AvgIpc) is 2.40. The van der Waals surface area contributed by atoms with Crippen molar-refractivity contribution in [3.05, 3.63) is 60.3 Å². The van der Waals surface area contributed by atoms with Gasteiger partial charge in [0.25, 0.3) is 0 Å². The van der Waals surface area contributed by atoms with Crippen LogP contribution >= 0.6 is 0 Å². The topological polar surface area (TPSA) is 35.2 Å². The molecule has 0 aliphatic rings. The van der Waals surface area contributed by atoms with Crippen LogP contribution in [0.1, 0.15) is 0 Å². The van der Waals surface area contributed by atoms with E-state index in [2.05, 4.69) is 24.4 Å². The lowest BCUT2D eigenvalue weighted by Gasteiger charge is -2.09. The average molecular weight is 225 g/mol. The zero-order chi connectivity index (χ0) is 12.1. The second-order valence-electron chi connectivity index (χ2n) is 3.75. The van der Waals surface area contributed by atoms with Crippen molar-refractivity contribution < 1.29 is 4.74 Å². The first-order valence-electron chi connectivity index (χ1n) is 5.53. The summed E-state index contributed by atoms with van der Waals surface area (Å²) >= 11 is 0. The molecule has 2 N–H and O–H groups in total. The predicted octanol–water partition coefficient (Wildman–Crippen LogP) is 2.89. The van der Waals surface area contributed by atoms with Gasteiger partial charge in [0, 0.05) is 17.5 Å². The van der Waals surface area contributed by atoms with Crippen LogP contribution in [0.5, 0.6) is 5.75 Å². The van der Waals surface area contributed by atoms with Crippen LogP contribution in [-0.2, 0) is 0 Å². The Bertz CT molecular complexity index is 563. The maximum atomic E-state index is 5.74. The molecule has 0 heterocycles. The summed E-state index contributed by atoms with van der Waals surface area (Å²) in [7, 11) is 0. The lowest BCUT2D eigenvalue weighted by atomic mass is 10.1. The molecule has 2 aromatic rings. The molecule has 0 saturated heterocycles. The summed E-state index contributed by atoms with van der Waals surface area (Å²) in [6.45, 7) is 4.45. The van der Waals surface area contributed by atoms with E-state index in [1.54, 1.807) is 0 Å². The molecule has 0 unspecified atom stereocenters. The van der Waals surface area contributed by atoms with Gasteiger partial charge in [-0.3, -0.25) is 0 Å². The molecule has 0 aliphatic heterocycles. The zero-order valence-electron chi connectivity index (χ0n) is 9.65. The van der Waals surface area contributed by atoms with Crippen molar-refractivity contribution in [2.75, 3.05) is 13.2 Å². The summed E-state index contributed by atoms with van der Waals surface area (Å²) in [5.41, 5.74) is 9.20. The van der Waals surface area contributed by atoms with Crippen molar-refractivity contribution in [2.24, 2.45) is 5.73 Å². The fourth-order valence-electron chi connectivity index (χ4n) is 1.67. The molecule has 2 aromatic carbocycles. The molecular weight excluding hydrogens is 210 g/mol. The van der Waals surface area contributed by atoms with Crippen LogP contribution in [0.2, 0.25) is 0 Å². The molecule has 0 spiro atoms. The Labute approximate surface area is 101 Å². The minimum atomic E-state index is 0.425. The maximum Gasteiger partial charge on any atom is 0.127 e. The molecule has 0 radical (unpaired) electrons. The highest BCUT2D eigenvalue weighted by Gasteiger charge is 2.01. The highest BCUT2D eigenvalue weighted by Crippen LogP contribution is 2.25. The van der Waals surface area contributed by atoms with Gasteiger partial charge in [-0.1, -0.05) is 43.0 Å². The molecule has 0 fully saturated rings.